The van der Waals surface area contributed by atoms with Gasteiger partial charge in [-0.3, -0.25) is 14.4 Å². The van der Waals surface area contributed by atoms with Crippen LogP contribution in [0.2, 0.25) is 0 Å². The minimum absolute atomic E-state index is 0. The summed E-state index contributed by atoms with van der Waals surface area (Å²) >= 11 is 1.51. The molecule has 0 aliphatic carbocycles. The topological polar surface area (TPSA) is 63.5 Å². The Balaban J connectivity index is 0.00000320. The lowest BCUT2D eigenvalue weighted by atomic mass is 10.3. The maximum Gasteiger partial charge on any atom is 0.278 e. The molecule has 0 bridgehead atoms. The minimum Gasteiger partial charge on any atom is -0.494 e. The van der Waals surface area contributed by atoms with Gasteiger partial charge in [0, 0.05) is 12.6 Å². The average Bonchev–Trinajstić information content (AvgIpc) is 3.27. The van der Waals surface area contributed by atoms with Gasteiger partial charge in [0.15, 0.2) is 5.13 Å². The fraction of sp³-hybridized carbons (Fsp3) is 0.476. The van der Waals surface area contributed by atoms with Gasteiger partial charge in [0.05, 0.1) is 17.5 Å². The van der Waals surface area contributed by atoms with Crippen LogP contribution in [0, 0.1) is 6.92 Å². The third kappa shape index (κ3) is 5.11. The molecule has 0 atom stereocenters. The van der Waals surface area contributed by atoms with Gasteiger partial charge in [-0.2, -0.15) is 5.10 Å². The van der Waals surface area contributed by atoms with Crippen LogP contribution in [0.1, 0.15) is 42.5 Å². The zero-order valence-corrected chi connectivity index (χ0v) is 20.0. The van der Waals surface area contributed by atoms with Crippen LogP contribution < -0.4 is 9.64 Å². The molecule has 0 aliphatic heterocycles. The van der Waals surface area contributed by atoms with E-state index in [4.69, 9.17) is 9.72 Å². The van der Waals surface area contributed by atoms with Crippen molar-refractivity contribution in [3.8, 4) is 5.75 Å². The summed E-state index contributed by atoms with van der Waals surface area (Å²) in [6, 6.07) is 7.79. The molecule has 0 unspecified atom stereocenters. The predicted octanol–water partition coefficient (Wildman–Crippen LogP) is 4.41. The number of carbonyl (C=O) groups is 1. The van der Waals surface area contributed by atoms with Crippen molar-refractivity contribution in [2.75, 3.05) is 39.2 Å². The van der Waals surface area contributed by atoms with E-state index in [2.05, 4.69) is 10.00 Å². The van der Waals surface area contributed by atoms with E-state index in [1.54, 1.807) is 16.7 Å². The van der Waals surface area contributed by atoms with E-state index in [1.165, 1.54) is 11.3 Å². The number of methoxy groups -OCH3 is 1. The number of nitrogens with zero attached hydrogens (tertiary/aromatic N) is 5. The second-order valence-electron chi connectivity index (χ2n) is 7.63. The monoisotopic (exact) mass is 451 g/mol. The summed E-state index contributed by atoms with van der Waals surface area (Å²) < 4.78 is 8.25. The first kappa shape index (κ1) is 24.1. The van der Waals surface area contributed by atoms with Gasteiger partial charge in [-0.1, -0.05) is 17.4 Å². The minimum atomic E-state index is -0.0731. The molecule has 0 saturated heterocycles. The highest BCUT2D eigenvalue weighted by atomic mass is 35.5. The van der Waals surface area contributed by atoms with Crippen LogP contribution in [-0.4, -0.2) is 59.9 Å². The summed E-state index contributed by atoms with van der Waals surface area (Å²) in [6.45, 7) is 7.45. The first-order chi connectivity index (χ1) is 13.8. The molecule has 0 saturated carbocycles. The molecule has 0 fully saturated rings. The number of rotatable bonds is 8. The van der Waals surface area contributed by atoms with Crippen molar-refractivity contribution in [2.45, 2.75) is 33.2 Å². The number of thiazole rings is 1. The number of hydrogen-bond donors (Lipinski definition) is 0. The average molecular weight is 452 g/mol. The summed E-state index contributed by atoms with van der Waals surface area (Å²) in [7, 11) is 5.70. The van der Waals surface area contributed by atoms with Gasteiger partial charge in [0.25, 0.3) is 5.91 Å². The Morgan fingerprint density at radius 3 is 2.63 bits per heavy atom. The highest BCUT2D eigenvalue weighted by Gasteiger charge is 2.26. The number of hydrogen-bond acceptors (Lipinski definition) is 6. The Bertz CT molecular complexity index is 999. The van der Waals surface area contributed by atoms with Crippen LogP contribution in [0.25, 0.3) is 10.2 Å². The molecule has 7 nitrogen and oxygen atoms in total. The maximum absolute atomic E-state index is 13.6. The summed E-state index contributed by atoms with van der Waals surface area (Å²) in [5.41, 5.74) is 2.21. The number of carbonyl (C=O) groups excluding carboxylic acids is 1. The van der Waals surface area contributed by atoms with E-state index < -0.39 is 0 Å². The van der Waals surface area contributed by atoms with Crippen LogP contribution in [0.15, 0.2) is 24.3 Å². The summed E-state index contributed by atoms with van der Waals surface area (Å²) in [5, 5.41) is 5.19. The SMILES string of the molecule is COc1cccc2sc(N(CCCN(C)C)C(=O)c3cc(C)nn3C(C)C)nc12.Cl. The van der Waals surface area contributed by atoms with Crippen molar-refractivity contribution in [3.05, 3.63) is 35.7 Å². The third-order valence-corrected chi connectivity index (χ3v) is 5.66. The first-order valence-corrected chi connectivity index (χ1v) is 10.6. The molecule has 3 aromatic rings. The normalized spacial score (nSPS) is 11.2. The summed E-state index contributed by atoms with van der Waals surface area (Å²) in [4.78, 5) is 22.2. The maximum atomic E-state index is 13.6. The van der Waals surface area contributed by atoms with Gasteiger partial charge >= 0.3 is 0 Å². The second-order valence-corrected chi connectivity index (χ2v) is 8.64. The molecule has 2 heterocycles. The van der Waals surface area contributed by atoms with Gasteiger partial charge < -0.3 is 9.64 Å². The highest BCUT2D eigenvalue weighted by molar-refractivity contribution is 7.22. The molecule has 1 aromatic carbocycles. The molecule has 30 heavy (non-hydrogen) atoms. The van der Waals surface area contributed by atoms with Crippen LogP contribution in [0.4, 0.5) is 5.13 Å². The highest BCUT2D eigenvalue weighted by Crippen LogP contribution is 2.34. The Kier molecular flexibility index (Phi) is 8.23. The zero-order chi connectivity index (χ0) is 21.1. The number of halogens is 1. The van der Waals surface area contributed by atoms with E-state index in [1.807, 2.05) is 59.1 Å². The zero-order valence-electron chi connectivity index (χ0n) is 18.4. The smallest absolute Gasteiger partial charge is 0.278 e. The second kappa shape index (κ2) is 10.2. The van der Waals surface area contributed by atoms with Gasteiger partial charge in [0.2, 0.25) is 0 Å². The molecule has 1 amide bonds. The Hall–Kier alpha value is -2.16. The van der Waals surface area contributed by atoms with Crippen molar-refractivity contribution in [1.82, 2.24) is 19.7 Å². The van der Waals surface area contributed by atoms with Crippen molar-refractivity contribution >= 4 is 45.0 Å². The molecule has 0 aliphatic rings. The lowest BCUT2D eigenvalue weighted by Gasteiger charge is -2.22. The van der Waals surface area contributed by atoms with Crippen LogP contribution in [-0.2, 0) is 0 Å². The Morgan fingerprint density at radius 1 is 1.27 bits per heavy atom. The lowest BCUT2D eigenvalue weighted by molar-refractivity contribution is 0.0974. The van der Waals surface area contributed by atoms with Crippen molar-refractivity contribution in [1.29, 1.82) is 0 Å². The number of ether oxygens (including phenoxy) is 1. The lowest BCUT2D eigenvalue weighted by Crippen LogP contribution is -2.35. The molecular weight excluding hydrogens is 422 g/mol. The largest absolute Gasteiger partial charge is 0.494 e. The van der Waals surface area contributed by atoms with Gasteiger partial charge in [0.1, 0.15) is 17.0 Å². The molecule has 164 valence electrons. The number of benzene rings is 1. The summed E-state index contributed by atoms with van der Waals surface area (Å²) in [5.74, 6) is 0.643. The number of para-hydroxylation sites is 1. The van der Waals surface area contributed by atoms with E-state index in [0.29, 0.717) is 23.1 Å². The van der Waals surface area contributed by atoms with Crippen molar-refractivity contribution < 1.29 is 9.53 Å². The van der Waals surface area contributed by atoms with E-state index in [9.17, 15) is 4.79 Å². The molecule has 0 radical (unpaired) electrons. The number of aryl methyl sites for hydroxylation is 1. The molecule has 3 rings (SSSR count). The number of aromatic nitrogens is 3. The fourth-order valence-electron chi connectivity index (χ4n) is 3.23. The fourth-order valence-corrected chi connectivity index (χ4v) is 4.24. The van der Waals surface area contributed by atoms with Crippen LogP contribution >= 0.6 is 23.7 Å². The number of anilines is 1. The van der Waals surface area contributed by atoms with Gasteiger partial charge in [-0.25, -0.2) is 4.98 Å². The van der Waals surface area contributed by atoms with Crippen LogP contribution in [0.3, 0.4) is 0 Å². The van der Waals surface area contributed by atoms with Gasteiger partial charge in [-0.15, -0.1) is 12.4 Å². The van der Waals surface area contributed by atoms with Crippen molar-refractivity contribution in [3.63, 3.8) is 0 Å². The van der Waals surface area contributed by atoms with E-state index in [-0.39, 0.29) is 24.4 Å². The van der Waals surface area contributed by atoms with E-state index in [0.717, 1.165) is 28.9 Å². The Morgan fingerprint density at radius 2 is 2.00 bits per heavy atom. The molecule has 9 heteroatoms. The third-order valence-electron chi connectivity index (χ3n) is 4.62. The summed E-state index contributed by atoms with van der Waals surface area (Å²) in [6.07, 6.45) is 0.848. The van der Waals surface area contributed by atoms with Crippen molar-refractivity contribution in [2.24, 2.45) is 0 Å². The molecule has 0 N–H and O–H groups in total. The quantitative estimate of drug-likeness (QED) is 0.507. The van der Waals surface area contributed by atoms with Gasteiger partial charge in [-0.05, 0) is 66.0 Å². The van der Waals surface area contributed by atoms with Crippen LogP contribution in [0.5, 0.6) is 5.75 Å². The Labute approximate surface area is 188 Å². The predicted molar refractivity (Wildman–Crippen MR) is 126 cm³/mol. The molecule has 0 spiro atoms. The molecule has 2 aromatic heterocycles. The number of fused-ring (bicyclic) bond motifs is 1. The standard InChI is InChI=1S/C21H29N5O2S.ClH/c1-14(2)26-16(13-15(3)23-26)20(27)25(12-8-11-24(4)5)21-22-19-17(28-6)9-7-10-18(19)29-21;/h7,9-10,13-14H,8,11-12H2,1-6H3;1H. The number of amides is 1. The van der Waals surface area contributed by atoms with E-state index >= 15 is 0 Å². The first-order valence-electron chi connectivity index (χ1n) is 9.78. The molecular formula is C21H30ClN5O2S.